The number of carboxylic acid groups (broad SMARTS) is 1. The van der Waals surface area contributed by atoms with E-state index in [0.717, 1.165) is 0 Å². The molecule has 0 radical (unpaired) electrons. The van der Waals surface area contributed by atoms with E-state index in [9.17, 15) is 18.0 Å². The van der Waals surface area contributed by atoms with Gasteiger partial charge in [-0.05, 0) is 18.2 Å². The van der Waals surface area contributed by atoms with Crippen LogP contribution < -0.4 is 4.72 Å². The highest BCUT2D eigenvalue weighted by Gasteiger charge is 2.15. The molecular weight excluding hydrogens is 376 g/mol. The molecule has 0 unspecified atom stereocenters. The molecule has 1 aromatic carbocycles. The molecular formula is C13H17BrN2O5S. The van der Waals surface area contributed by atoms with E-state index in [2.05, 4.69) is 20.7 Å². The Balaban J connectivity index is 2.49. The normalized spacial score (nSPS) is 11.2. The molecule has 0 fully saturated rings. The largest absolute Gasteiger partial charge is 0.481 e. The summed E-state index contributed by atoms with van der Waals surface area (Å²) in [5.41, 5.74) is 0. The predicted octanol–water partition coefficient (Wildman–Crippen LogP) is 1.05. The molecule has 122 valence electrons. The Labute approximate surface area is 137 Å². The zero-order chi connectivity index (χ0) is 16.8. The maximum absolute atomic E-state index is 12.0. The highest BCUT2D eigenvalue weighted by Crippen LogP contribution is 2.15. The maximum Gasteiger partial charge on any atom is 0.305 e. The molecule has 0 aliphatic rings. The number of nitrogens with one attached hydrogen (secondary N) is 1. The maximum atomic E-state index is 12.0. The molecule has 9 heteroatoms. The summed E-state index contributed by atoms with van der Waals surface area (Å²) in [7, 11) is -2.19. The molecule has 1 amide bonds. The van der Waals surface area contributed by atoms with Gasteiger partial charge in [0, 0.05) is 31.0 Å². The zero-order valence-corrected chi connectivity index (χ0v) is 14.4. The third-order valence-electron chi connectivity index (χ3n) is 2.82. The Morgan fingerprint density at radius 2 is 2.00 bits per heavy atom. The van der Waals surface area contributed by atoms with Crippen molar-refractivity contribution in [1.82, 2.24) is 9.62 Å². The average molecular weight is 393 g/mol. The molecule has 1 aromatic rings. The van der Waals surface area contributed by atoms with Crippen molar-refractivity contribution in [2.75, 3.05) is 20.1 Å². The first-order valence-corrected chi connectivity index (χ1v) is 8.71. The molecule has 0 heterocycles. The molecule has 1 rings (SSSR count). The number of sulfonamides is 1. The van der Waals surface area contributed by atoms with Crippen LogP contribution in [-0.4, -0.2) is 50.4 Å². The molecule has 0 saturated heterocycles. The number of carboxylic acids is 1. The van der Waals surface area contributed by atoms with Crippen LogP contribution in [0.4, 0.5) is 0 Å². The highest BCUT2D eigenvalue weighted by atomic mass is 79.9. The Morgan fingerprint density at radius 3 is 2.59 bits per heavy atom. The van der Waals surface area contributed by atoms with Gasteiger partial charge < -0.3 is 10.0 Å². The van der Waals surface area contributed by atoms with Gasteiger partial charge in [-0.2, -0.15) is 0 Å². The van der Waals surface area contributed by atoms with Gasteiger partial charge >= 0.3 is 5.97 Å². The average Bonchev–Trinajstić information content (AvgIpc) is 2.44. The molecule has 2 N–H and O–H groups in total. The van der Waals surface area contributed by atoms with Gasteiger partial charge in [-0.1, -0.05) is 22.0 Å². The first-order valence-electron chi connectivity index (χ1n) is 6.43. The summed E-state index contributed by atoms with van der Waals surface area (Å²) in [6.45, 7) is 0.0393. The summed E-state index contributed by atoms with van der Waals surface area (Å²) >= 11 is 3.19. The fourth-order valence-corrected chi connectivity index (χ4v) is 3.22. The number of hydrogen-bond acceptors (Lipinski definition) is 4. The summed E-state index contributed by atoms with van der Waals surface area (Å²) in [4.78, 5) is 23.5. The summed E-state index contributed by atoms with van der Waals surface area (Å²) in [5, 5.41) is 8.54. The second-order valence-corrected chi connectivity index (χ2v) is 7.25. The van der Waals surface area contributed by atoms with Crippen LogP contribution in [0.15, 0.2) is 33.6 Å². The fourth-order valence-electron chi connectivity index (χ4n) is 1.59. The van der Waals surface area contributed by atoms with E-state index < -0.39 is 16.0 Å². The monoisotopic (exact) mass is 392 g/mol. The number of hydrogen-bond donors (Lipinski definition) is 2. The van der Waals surface area contributed by atoms with Crippen LogP contribution in [-0.2, 0) is 19.6 Å². The van der Waals surface area contributed by atoms with Crippen molar-refractivity contribution in [2.24, 2.45) is 0 Å². The minimum atomic E-state index is -3.67. The van der Waals surface area contributed by atoms with Crippen molar-refractivity contribution in [3.8, 4) is 0 Å². The van der Waals surface area contributed by atoms with Crippen molar-refractivity contribution in [2.45, 2.75) is 17.7 Å². The highest BCUT2D eigenvalue weighted by molar-refractivity contribution is 9.10. The number of aliphatic carboxylic acids is 1. The number of halogens is 1. The van der Waals surface area contributed by atoms with E-state index in [-0.39, 0.29) is 36.7 Å². The van der Waals surface area contributed by atoms with Crippen LogP contribution >= 0.6 is 15.9 Å². The van der Waals surface area contributed by atoms with Crippen LogP contribution in [0.1, 0.15) is 12.8 Å². The van der Waals surface area contributed by atoms with E-state index in [1.807, 2.05) is 0 Å². The summed E-state index contributed by atoms with van der Waals surface area (Å²) in [6.07, 6.45) is -0.185. The molecule has 0 aliphatic carbocycles. The number of carbonyl (C=O) groups excluding carboxylic acids is 1. The van der Waals surface area contributed by atoms with Gasteiger partial charge in [-0.3, -0.25) is 9.59 Å². The molecule has 0 aliphatic heterocycles. The van der Waals surface area contributed by atoms with E-state index in [1.165, 1.54) is 24.1 Å². The van der Waals surface area contributed by atoms with E-state index >= 15 is 0 Å². The van der Waals surface area contributed by atoms with Gasteiger partial charge in [-0.25, -0.2) is 13.1 Å². The van der Waals surface area contributed by atoms with E-state index in [4.69, 9.17) is 5.11 Å². The third kappa shape index (κ3) is 6.12. The fraction of sp³-hybridized carbons (Fsp3) is 0.385. The van der Waals surface area contributed by atoms with Crippen molar-refractivity contribution in [3.63, 3.8) is 0 Å². The topological polar surface area (TPSA) is 104 Å². The lowest BCUT2D eigenvalue weighted by atomic mass is 10.3. The van der Waals surface area contributed by atoms with Gasteiger partial charge in [0.2, 0.25) is 15.9 Å². The van der Waals surface area contributed by atoms with Gasteiger partial charge in [0.1, 0.15) is 0 Å². The Kier molecular flexibility index (Phi) is 6.98. The number of amides is 1. The lowest BCUT2D eigenvalue weighted by molar-refractivity contribution is -0.138. The van der Waals surface area contributed by atoms with Gasteiger partial charge in [-0.15, -0.1) is 0 Å². The SMILES string of the molecule is CN(CCC(=O)O)C(=O)CCNS(=O)(=O)c1cccc(Br)c1. The van der Waals surface area contributed by atoms with Gasteiger partial charge in [0.15, 0.2) is 0 Å². The Hall–Kier alpha value is -1.45. The number of benzene rings is 1. The summed E-state index contributed by atoms with van der Waals surface area (Å²) in [5.74, 6) is -1.31. The number of carbonyl (C=O) groups is 2. The van der Waals surface area contributed by atoms with Crippen LogP contribution in [0.5, 0.6) is 0 Å². The minimum Gasteiger partial charge on any atom is -0.481 e. The molecule has 0 bridgehead atoms. The van der Waals surface area contributed by atoms with Crippen molar-refractivity contribution >= 4 is 37.8 Å². The Morgan fingerprint density at radius 1 is 1.32 bits per heavy atom. The van der Waals surface area contributed by atoms with Gasteiger partial charge in [0.25, 0.3) is 0 Å². The zero-order valence-electron chi connectivity index (χ0n) is 12.0. The van der Waals surface area contributed by atoms with E-state index in [0.29, 0.717) is 4.47 Å². The molecule has 7 nitrogen and oxygen atoms in total. The summed E-state index contributed by atoms with van der Waals surface area (Å²) in [6, 6.07) is 6.22. The van der Waals surface area contributed by atoms with Crippen molar-refractivity contribution < 1.29 is 23.1 Å². The first kappa shape index (κ1) is 18.6. The van der Waals surface area contributed by atoms with Crippen LogP contribution in [0, 0.1) is 0 Å². The molecule has 0 spiro atoms. The Bertz CT molecular complexity index is 648. The van der Waals surface area contributed by atoms with Crippen LogP contribution in [0.25, 0.3) is 0 Å². The molecule has 22 heavy (non-hydrogen) atoms. The lowest BCUT2D eigenvalue weighted by Crippen LogP contribution is -2.33. The van der Waals surface area contributed by atoms with Gasteiger partial charge in [0.05, 0.1) is 11.3 Å². The second-order valence-electron chi connectivity index (χ2n) is 4.56. The molecule has 0 saturated carbocycles. The number of nitrogens with zero attached hydrogens (tertiary/aromatic N) is 1. The van der Waals surface area contributed by atoms with Crippen molar-refractivity contribution in [1.29, 1.82) is 0 Å². The number of rotatable bonds is 8. The minimum absolute atomic E-state index is 0.0383. The smallest absolute Gasteiger partial charge is 0.305 e. The molecule has 0 aromatic heterocycles. The quantitative estimate of drug-likeness (QED) is 0.687. The van der Waals surface area contributed by atoms with Crippen LogP contribution in [0.3, 0.4) is 0 Å². The molecule has 0 atom stereocenters. The predicted molar refractivity (Wildman–Crippen MR) is 83.8 cm³/mol. The third-order valence-corrected chi connectivity index (χ3v) is 4.78. The standard InChI is InChI=1S/C13H17BrN2O5S/c1-16(8-6-13(18)19)12(17)5-7-15-22(20,21)11-4-2-3-10(14)9-11/h2-4,9,15H,5-8H2,1H3,(H,18,19). The van der Waals surface area contributed by atoms with Crippen molar-refractivity contribution in [3.05, 3.63) is 28.7 Å². The summed E-state index contributed by atoms with van der Waals surface area (Å²) < 4.78 is 27.0. The van der Waals surface area contributed by atoms with Crippen LogP contribution in [0.2, 0.25) is 0 Å². The lowest BCUT2D eigenvalue weighted by Gasteiger charge is -2.16. The van der Waals surface area contributed by atoms with E-state index in [1.54, 1.807) is 12.1 Å². The first-order chi connectivity index (χ1) is 10.2. The second kappa shape index (κ2) is 8.25.